The largest absolute Gasteiger partial charge is 0.481 e. The number of rotatable bonds is 5. The van der Waals surface area contributed by atoms with Crippen LogP contribution in [0.5, 0.6) is 0 Å². The lowest BCUT2D eigenvalue weighted by molar-refractivity contribution is -0.137. The van der Waals surface area contributed by atoms with Crippen LogP contribution < -0.4 is 5.32 Å². The fraction of sp³-hybridized carbons (Fsp3) is 0.125. The maximum Gasteiger partial charge on any atom is 0.305 e. The van der Waals surface area contributed by atoms with Crippen LogP contribution in [-0.2, 0) is 4.79 Å². The van der Waals surface area contributed by atoms with Crippen LogP contribution in [0.15, 0.2) is 48.0 Å². The molecule has 0 aliphatic heterocycles. The van der Waals surface area contributed by atoms with E-state index in [1.54, 1.807) is 12.3 Å². The number of aliphatic carboxylic acids is 1. The highest BCUT2D eigenvalue weighted by molar-refractivity contribution is 7.10. The van der Waals surface area contributed by atoms with Gasteiger partial charge >= 0.3 is 5.97 Å². The van der Waals surface area contributed by atoms with E-state index in [9.17, 15) is 9.59 Å². The van der Waals surface area contributed by atoms with Crippen molar-refractivity contribution in [3.8, 4) is 0 Å². The van der Waals surface area contributed by atoms with Crippen molar-refractivity contribution < 1.29 is 14.7 Å². The minimum absolute atomic E-state index is 0.146. The van der Waals surface area contributed by atoms with E-state index in [2.05, 4.69) is 10.3 Å². The lowest BCUT2D eigenvalue weighted by atomic mass is 10.1. The van der Waals surface area contributed by atoms with Crippen molar-refractivity contribution >= 4 is 34.1 Å². The maximum atomic E-state index is 12.5. The fourth-order valence-electron chi connectivity index (χ4n) is 2.40. The van der Waals surface area contributed by atoms with Crippen molar-refractivity contribution in [1.29, 1.82) is 0 Å². The molecule has 1 amide bonds. The van der Waals surface area contributed by atoms with Crippen LogP contribution in [0.1, 0.15) is 27.7 Å². The molecule has 0 spiro atoms. The van der Waals surface area contributed by atoms with Gasteiger partial charge in [0.15, 0.2) is 0 Å². The summed E-state index contributed by atoms with van der Waals surface area (Å²) in [5, 5.41) is 14.7. The molecule has 112 valence electrons. The molecule has 1 atom stereocenters. The van der Waals surface area contributed by atoms with Crippen LogP contribution in [0.25, 0.3) is 10.9 Å². The van der Waals surface area contributed by atoms with Crippen molar-refractivity contribution in [2.45, 2.75) is 12.5 Å². The molecule has 22 heavy (non-hydrogen) atoms. The van der Waals surface area contributed by atoms with Gasteiger partial charge in [-0.1, -0.05) is 18.2 Å². The summed E-state index contributed by atoms with van der Waals surface area (Å²) in [7, 11) is 0. The molecule has 3 aromatic rings. The molecule has 3 N–H and O–H groups in total. The van der Waals surface area contributed by atoms with E-state index < -0.39 is 12.0 Å². The topological polar surface area (TPSA) is 82.2 Å². The summed E-state index contributed by atoms with van der Waals surface area (Å²) in [6, 6.07) is 10.5. The van der Waals surface area contributed by atoms with Gasteiger partial charge in [-0.15, -0.1) is 11.3 Å². The minimum Gasteiger partial charge on any atom is -0.481 e. The normalized spacial score (nSPS) is 12.2. The van der Waals surface area contributed by atoms with Gasteiger partial charge in [0.2, 0.25) is 0 Å². The number of carboxylic acid groups (broad SMARTS) is 1. The van der Waals surface area contributed by atoms with E-state index >= 15 is 0 Å². The summed E-state index contributed by atoms with van der Waals surface area (Å²) in [6.45, 7) is 0. The Bertz CT molecular complexity index is 808. The molecule has 0 radical (unpaired) electrons. The van der Waals surface area contributed by atoms with Crippen LogP contribution >= 0.6 is 11.3 Å². The minimum atomic E-state index is -0.947. The number of para-hydroxylation sites is 1. The van der Waals surface area contributed by atoms with Crippen LogP contribution in [0.2, 0.25) is 0 Å². The van der Waals surface area contributed by atoms with Gasteiger partial charge in [-0.2, -0.15) is 0 Å². The van der Waals surface area contributed by atoms with Gasteiger partial charge in [0.1, 0.15) is 0 Å². The number of carboxylic acids is 1. The van der Waals surface area contributed by atoms with Crippen LogP contribution in [-0.4, -0.2) is 22.0 Å². The highest BCUT2D eigenvalue weighted by Gasteiger charge is 2.21. The number of carbonyl (C=O) groups is 2. The van der Waals surface area contributed by atoms with Gasteiger partial charge in [0.25, 0.3) is 5.91 Å². The number of benzene rings is 1. The molecular weight excluding hydrogens is 300 g/mol. The molecule has 5 nitrogen and oxygen atoms in total. The summed E-state index contributed by atoms with van der Waals surface area (Å²) in [5.41, 5.74) is 1.26. The number of fused-ring (bicyclic) bond motifs is 1. The Morgan fingerprint density at radius 2 is 2.09 bits per heavy atom. The predicted octanol–water partition coefficient (Wildman–Crippen LogP) is 3.18. The maximum absolute atomic E-state index is 12.5. The summed E-state index contributed by atoms with van der Waals surface area (Å²) >= 11 is 1.43. The van der Waals surface area contributed by atoms with Gasteiger partial charge in [-0.3, -0.25) is 9.59 Å². The van der Waals surface area contributed by atoms with Crippen molar-refractivity contribution in [1.82, 2.24) is 10.3 Å². The number of hydrogen-bond donors (Lipinski definition) is 3. The molecule has 0 saturated carbocycles. The number of carbonyl (C=O) groups excluding carboxylic acids is 1. The van der Waals surface area contributed by atoms with Crippen LogP contribution in [0.4, 0.5) is 0 Å². The molecule has 6 heteroatoms. The molecule has 0 fully saturated rings. The number of thiophene rings is 1. The summed E-state index contributed by atoms with van der Waals surface area (Å²) < 4.78 is 0. The van der Waals surface area contributed by atoms with Gasteiger partial charge in [-0.25, -0.2) is 0 Å². The molecule has 0 aliphatic rings. The lowest BCUT2D eigenvalue weighted by Gasteiger charge is -2.16. The first kappa shape index (κ1) is 14.3. The number of aromatic nitrogens is 1. The van der Waals surface area contributed by atoms with E-state index in [1.807, 2.05) is 35.7 Å². The third-order valence-electron chi connectivity index (χ3n) is 3.40. The zero-order valence-electron chi connectivity index (χ0n) is 11.6. The molecule has 3 rings (SSSR count). The Labute approximate surface area is 130 Å². The summed E-state index contributed by atoms with van der Waals surface area (Å²) in [6.07, 6.45) is 1.63. The van der Waals surface area contributed by atoms with Crippen molar-refractivity contribution in [2.75, 3.05) is 0 Å². The van der Waals surface area contributed by atoms with E-state index in [-0.39, 0.29) is 12.3 Å². The summed E-state index contributed by atoms with van der Waals surface area (Å²) in [4.78, 5) is 27.4. The third-order valence-corrected chi connectivity index (χ3v) is 4.39. The first-order valence-electron chi connectivity index (χ1n) is 6.77. The number of aromatic amines is 1. The molecule has 1 aromatic carbocycles. The van der Waals surface area contributed by atoms with E-state index in [0.717, 1.165) is 15.8 Å². The number of H-pyrrole nitrogens is 1. The fourth-order valence-corrected chi connectivity index (χ4v) is 3.17. The second-order valence-electron chi connectivity index (χ2n) is 4.89. The molecule has 2 heterocycles. The van der Waals surface area contributed by atoms with Gasteiger partial charge < -0.3 is 15.4 Å². The number of nitrogens with one attached hydrogen (secondary N) is 2. The zero-order valence-corrected chi connectivity index (χ0v) is 12.4. The second kappa shape index (κ2) is 6.03. The lowest BCUT2D eigenvalue weighted by Crippen LogP contribution is -2.29. The molecular formula is C16H14N2O3S. The van der Waals surface area contributed by atoms with Gasteiger partial charge in [-0.05, 0) is 23.6 Å². The average molecular weight is 314 g/mol. The predicted molar refractivity (Wildman–Crippen MR) is 85.1 cm³/mol. The molecule has 2 aromatic heterocycles. The van der Waals surface area contributed by atoms with E-state index in [4.69, 9.17) is 5.11 Å². The quantitative estimate of drug-likeness (QED) is 0.676. The van der Waals surface area contributed by atoms with Crippen LogP contribution in [0.3, 0.4) is 0 Å². The molecule has 0 aliphatic carbocycles. The zero-order chi connectivity index (χ0) is 15.5. The number of amides is 1. The van der Waals surface area contributed by atoms with Crippen molar-refractivity contribution in [3.63, 3.8) is 0 Å². The monoisotopic (exact) mass is 314 g/mol. The Hall–Kier alpha value is -2.60. The van der Waals surface area contributed by atoms with Crippen molar-refractivity contribution in [3.05, 3.63) is 58.4 Å². The Morgan fingerprint density at radius 3 is 2.82 bits per heavy atom. The molecule has 0 unspecified atom stereocenters. The highest BCUT2D eigenvalue weighted by Crippen LogP contribution is 2.24. The molecule has 0 bridgehead atoms. The van der Waals surface area contributed by atoms with E-state index in [1.165, 1.54) is 11.3 Å². The van der Waals surface area contributed by atoms with Gasteiger partial charge in [0.05, 0.1) is 23.5 Å². The first-order valence-corrected chi connectivity index (χ1v) is 7.65. The van der Waals surface area contributed by atoms with Crippen molar-refractivity contribution in [2.24, 2.45) is 0 Å². The first-order chi connectivity index (χ1) is 10.6. The molecule has 0 saturated heterocycles. The Balaban J connectivity index is 1.88. The number of hydrogen-bond acceptors (Lipinski definition) is 3. The smallest absolute Gasteiger partial charge is 0.305 e. The summed E-state index contributed by atoms with van der Waals surface area (Å²) in [5.74, 6) is -1.23. The van der Waals surface area contributed by atoms with E-state index in [0.29, 0.717) is 5.56 Å². The Kier molecular flexibility index (Phi) is 3.93. The third kappa shape index (κ3) is 2.87. The standard InChI is InChI=1S/C16H14N2O3S/c19-14(20)9-12(13-5-2-8-22-13)18-16(21)11-4-1-3-10-6-7-17-15(10)11/h1-8,12,17H,9H2,(H,18,21)(H,19,20)/t12-/m1/s1. The second-order valence-corrected chi connectivity index (χ2v) is 5.87. The highest BCUT2D eigenvalue weighted by atomic mass is 32.1. The average Bonchev–Trinajstić information content (AvgIpc) is 3.16. The SMILES string of the molecule is O=C(O)C[C@@H](NC(=O)c1cccc2cc[nH]c12)c1cccs1. The van der Waals surface area contributed by atoms with Crippen LogP contribution in [0, 0.1) is 0 Å². The Morgan fingerprint density at radius 1 is 1.23 bits per heavy atom. The van der Waals surface area contributed by atoms with Gasteiger partial charge in [0, 0.05) is 16.5 Å².